The van der Waals surface area contributed by atoms with E-state index in [2.05, 4.69) is 25.0 Å². The van der Waals surface area contributed by atoms with Crippen molar-refractivity contribution < 1.29 is 35.7 Å². The van der Waals surface area contributed by atoms with E-state index in [0.29, 0.717) is 11.2 Å². The molecule has 2 aromatic carbocycles. The van der Waals surface area contributed by atoms with Crippen LogP contribution in [-0.2, 0) is 14.8 Å². The molecule has 32 heavy (non-hydrogen) atoms. The summed E-state index contributed by atoms with van der Waals surface area (Å²) in [5, 5.41) is 9.95. The van der Waals surface area contributed by atoms with Gasteiger partial charge in [-0.05, 0) is 59.6 Å². The topological polar surface area (TPSA) is 115 Å². The quantitative estimate of drug-likeness (QED) is 0.609. The maximum Gasteiger partial charge on any atom is 0.573 e. The molecule has 0 aliphatic carbocycles. The first-order valence-corrected chi connectivity index (χ1v) is 11.0. The molecule has 1 aliphatic heterocycles. The predicted molar refractivity (Wildman–Crippen MR) is 105 cm³/mol. The van der Waals surface area contributed by atoms with E-state index >= 15 is 0 Å². The summed E-state index contributed by atoms with van der Waals surface area (Å²) in [7, 11) is -3.85. The van der Waals surface area contributed by atoms with Crippen molar-refractivity contribution in [3.63, 3.8) is 0 Å². The summed E-state index contributed by atoms with van der Waals surface area (Å²) in [5.74, 6) is -1.18. The highest BCUT2D eigenvalue weighted by Gasteiger charge is 2.34. The molecule has 1 saturated heterocycles. The van der Waals surface area contributed by atoms with Crippen LogP contribution in [0.4, 0.5) is 18.9 Å². The summed E-state index contributed by atoms with van der Waals surface area (Å²) >= 11 is 0. The molecule has 1 fully saturated rings. The van der Waals surface area contributed by atoms with Gasteiger partial charge in [0.15, 0.2) is 5.52 Å². The Morgan fingerprint density at radius 1 is 1.09 bits per heavy atom. The molecule has 1 aliphatic rings. The molecule has 0 unspecified atom stereocenters. The number of piperidine rings is 1. The SMILES string of the molecule is O=C(Nc1ccc(OC(F)(F)F)cc1)C1CCN(S(=O)(=O)c2cccc3nonc23)CC1. The normalized spacial score (nSPS) is 16.2. The number of carbonyl (C=O) groups is 1. The number of benzene rings is 2. The van der Waals surface area contributed by atoms with Gasteiger partial charge in [-0.3, -0.25) is 4.79 Å². The van der Waals surface area contributed by atoms with Gasteiger partial charge < -0.3 is 10.1 Å². The fourth-order valence-corrected chi connectivity index (χ4v) is 5.08. The Kier molecular flexibility index (Phi) is 5.77. The summed E-state index contributed by atoms with van der Waals surface area (Å²) < 4.78 is 72.4. The first kappa shape index (κ1) is 22.0. The highest BCUT2D eigenvalue weighted by Crippen LogP contribution is 2.29. The van der Waals surface area contributed by atoms with Crippen molar-refractivity contribution in [1.29, 1.82) is 0 Å². The summed E-state index contributed by atoms with van der Waals surface area (Å²) in [5.41, 5.74) is 0.780. The molecular weight excluding hydrogens is 453 g/mol. The van der Waals surface area contributed by atoms with Crippen LogP contribution in [0.1, 0.15) is 12.8 Å². The number of fused-ring (bicyclic) bond motifs is 1. The van der Waals surface area contributed by atoms with Gasteiger partial charge in [-0.2, -0.15) is 4.31 Å². The van der Waals surface area contributed by atoms with Crippen molar-refractivity contribution in [3.8, 4) is 5.75 Å². The number of hydrogen-bond donors (Lipinski definition) is 1. The first-order valence-electron chi connectivity index (χ1n) is 9.51. The van der Waals surface area contributed by atoms with Crippen LogP contribution < -0.4 is 10.1 Å². The number of halogens is 3. The Morgan fingerprint density at radius 3 is 2.44 bits per heavy atom. The third-order valence-electron chi connectivity index (χ3n) is 5.05. The van der Waals surface area contributed by atoms with E-state index < -0.39 is 28.1 Å². The van der Waals surface area contributed by atoms with Crippen LogP contribution in [0.15, 0.2) is 52.0 Å². The molecule has 1 N–H and O–H groups in total. The summed E-state index contributed by atoms with van der Waals surface area (Å²) in [4.78, 5) is 12.5. The number of anilines is 1. The lowest BCUT2D eigenvalue weighted by Gasteiger charge is -2.30. The van der Waals surface area contributed by atoms with E-state index in [1.807, 2.05) is 0 Å². The van der Waals surface area contributed by atoms with Crippen LogP contribution in [0.2, 0.25) is 0 Å². The summed E-state index contributed by atoms with van der Waals surface area (Å²) in [6.07, 6.45) is -4.23. The molecule has 13 heteroatoms. The van der Waals surface area contributed by atoms with Crippen molar-refractivity contribution in [3.05, 3.63) is 42.5 Å². The molecule has 0 bridgehead atoms. The van der Waals surface area contributed by atoms with Crippen molar-refractivity contribution in [2.75, 3.05) is 18.4 Å². The van der Waals surface area contributed by atoms with Crippen LogP contribution in [-0.4, -0.2) is 48.4 Å². The minimum absolute atomic E-state index is 0.0136. The first-order chi connectivity index (χ1) is 15.1. The predicted octanol–water partition coefficient (Wildman–Crippen LogP) is 3.16. The van der Waals surface area contributed by atoms with E-state index in [0.717, 1.165) is 12.1 Å². The zero-order valence-electron chi connectivity index (χ0n) is 16.4. The molecular formula is C19H17F3N4O5S. The number of hydrogen-bond acceptors (Lipinski definition) is 7. The number of nitrogens with one attached hydrogen (secondary N) is 1. The van der Waals surface area contributed by atoms with E-state index in [1.54, 1.807) is 12.1 Å². The number of aromatic nitrogens is 2. The van der Waals surface area contributed by atoms with Crippen LogP contribution in [0.3, 0.4) is 0 Å². The van der Waals surface area contributed by atoms with Gasteiger partial charge in [-0.1, -0.05) is 6.07 Å². The van der Waals surface area contributed by atoms with Gasteiger partial charge in [-0.15, -0.1) is 13.2 Å². The maximum atomic E-state index is 13.0. The molecule has 1 amide bonds. The molecule has 0 spiro atoms. The Balaban J connectivity index is 1.37. The van der Waals surface area contributed by atoms with Gasteiger partial charge in [0.25, 0.3) is 0 Å². The van der Waals surface area contributed by atoms with Crippen molar-refractivity contribution in [2.24, 2.45) is 5.92 Å². The van der Waals surface area contributed by atoms with Crippen molar-refractivity contribution >= 4 is 32.7 Å². The van der Waals surface area contributed by atoms with E-state index in [4.69, 9.17) is 0 Å². The second kappa shape index (κ2) is 8.39. The van der Waals surface area contributed by atoms with Gasteiger partial charge in [0.2, 0.25) is 15.9 Å². The molecule has 0 radical (unpaired) electrons. The molecule has 0 atom stereocenters. The van der Waals surface area contributed by atoms with Gasteiger partial charge >= 0.3 is 6.36 Å². The van der Waals surface area contributed by atoms with E-state index in [1.165, 1.54) is 22.5 Å². The Hall–Kier alpha value is -3.19. The maximum absolute atomic E-state index is 13.0. The summed E-state index contributed by atoms with van der Waals surface area (Å²) in [6.45, 7) is 0.251. The van der Waals surface area contributed by atoms with Crippen molar-refractivity contribution in [1.82, 2.24) is 14.6 Å². The number of sulfonamides is 1. The Labute approximate surface area is 180 Å². The zero-order valence-corrected chi connectivity index (χ0v) is 17.2. The van der Waals surface area contributed by atoms with Crippen LogP contribution in [0, 0.1) is 5.92 Å². The molecule has 2 heterocycles. The number of carbonyl (C=O) groups excluding carboxylic acids is 1. The third kappa shape index (κ3) is 4.67. The van der Waals surface area contributed by atoms with Crippen LogP contribution in [0.25, 0.3) is 11.0 Å². The Morgan fingerprint density at radius 2 is 1.78 bits per heavy atom. The molecule has 3 aromatic rings. The highest BCUT2D eigenvalue weighted by atomic mass is 32.2. The summed E-state index contributed by atoms with van der Waals surface area (Å²) in [6, 6.07) is 9.34. The second-order valence-corrected chi connectivity index (χ2v) is 9.03. The number of nitrogens with zero attached hydrogens (tertiary/aromatic N) is 3. The minimum atomic E-state index is -4.80. The van der Waals surface area contributed by atoms with E-state index in [9.17, 15) is 26.4 Å². The average Bonchev–Trinajstić information content (AvgIpc) is 3.23. The number of alkyl halides is 3. The van der Waals surface area contributed by atoms with Crippen LogP contribution in [0.5, 0.6) is 5.75 Å². The molecule has 1 aromatic heterocycles. The molecule has 170 valence electrons. The largest absolute Gasteiger partial charge is 0.573 e. The molecule has 4 rings (SSSR count). The fraction of sp³-hybridized carbons (Fsp3) is 0.316. The molecule has 0 saturated carbocycles. The Bertz CT molecular complexity index is 1220. The lowest BCUT2D eigenvalue weighted by atomic mass is 9.97. The number of rotatable bonds is 5. The smallest absolute Gasteiger partial charge is 0.406 e. The zero-order chi connectivity index (χ0) is 22.9. The fourth-order valence-electron chi connectivity index (χ4n) is 3.47. The van der Waals surface area contributed by atoms with Gasteiger partial charge in [0.05, 0.1) is 0 Å². The number of ether oxygens (including phenoxy) is 1. The van der Waals surface area contributed by atoms with Gasteiger partial charge in [0.1, 0.15) is 16.2 Å². The number of amides is 1. The standard InChI is InChI=1S/C19H17F3N4O5S/c20-19(21,22)30-14-6-4-13(5-7-14)23-18(27)12-8-10-26(11-9-12)32(28,29)16-3-1-2-15-17(16)25-31-24-15/h1-7,12H,8-11H2,(H,23,27). The van der Waals surface area contributed by atoms with E-state index in [-0.39, 0.29) is 42.3 Å². The second-order valence-electron chi connectivity index (χ2n) is 7.13. The molecule has 9 nitrogen and oxygen atoms in total. The lowest BCUT2D eigenvalue weighted by molar-refractivity contribution is -0.274. The van der Waals surface area contributed by atoms with Gasteiger partial charge in [-0.25, -0.2) is 13.0 Å². The highest BCUT2D eigenvalue weighted by molar-refractivity contribution is 7.89. The van der Waals surface area contributed by atoms with Crippen LogP contribution >= 0.6 is 0 Å². The lowest BCUT2D eigenvalue weighted by Crippen LogP contribution is -2.41. The van der Waals surface area contributed by atoms with Gasteiger partial charge in [0, 0.05) is 24.7 Å². The third-order valence-corrected chi connectivity index (χ3v) is 6.98. The minimum Gasteiger partial charge on any atom is -0.406 e. The monoisotopic (exact) mass is 470 g/mol. The average molecular weight is 470 g/mol. The van der Waals surface area contributed by atoms with Crippen molar-refractivity contribution in [2.45, 2.75) is 24.1 Å².